The molecule has 0 unspecified atom stereocenters. The van der Waals surface area contributed by atoms with Crippen molar-refractivity contribution in [2.45, 2.75) is 33.2 Å². The summed E-state index contributed by atoms with van der Waals surface area (Å²) in [5, 5.41) is 4.29. The Kier molecular flexibility index (Phi) is 3.97. The van der Waals surface area contributed by atoms with Gasteiger partial charge in [0, 0.05) is 19.8 Å². The van der Waals surface area contributed by atoms with E-state index in [2.05, 4.69) is 18.9 Å². The lowest BCUT2D eigenvalue weighted by Gasteiger charge is -2.13. The second-order valence-electron chi connectivity index (χ2n) is 5.41. The van der Waals surface area contributed by atoms with Crippen molar-refractivity contribution in [3.8, 4) is 0 Å². The van der Waals surface area contributed by atoms with Gasteiger partial charge in [0.05, 0.1) is 6.54 Å². The van der Waals surface area contributed by atoms with Crippen molar-refractivity contribution < 1.29 is 9.21 Å². The minimum Gasteiger partial charge on any atom is -0.464 e. The maximum Gasteiger partial charge on any atom is 0.274 e. The van der Waals surface area contributed by atoms with Gasteiger partial charge in [-0.1, -0.05) is 13.8 Å². The molecular formula is C15H21N3O2. The first-order valence-corrected chi connectivity index (χ1v) is 6.73. The predicted octanol–water partition coefficient (Wildman–Crippen LogP) is 2.72. The van der Waals surface area contributed by atoms with Gasteiger partial charge < -0.3 is 9.32 Å². The lowest BCUT2D eigenvalue weighted by atomic mass is 10.1. The maximum atomic E-state index is 12.4. The zero-order valence-electron chi connectivity index (χ0n) is 12.7. The molecule has 20 heavy (non-hydrogen) atoms. The number of amides is 1. The summed E-state index contributed by atoms with van der Waals surface area (Å²) in [6, 6.07) is 5.64. The van der Waals surface area contributed by atoms with Crippen LogP contribution in [0, 0.1) is 6.92 Å². The summed E-state index contributed by atoms with van der Waals surface area (Å²) in [5.41, 5.74) is 1.53. The van der Waals surface area contributed by atoms with Crippen molar-refractivity contribution in [2.24, 2.45) is 7.05 Å². The number of hydrogen-bond donors (Lipinski definition) is 0. The van der Waals surface area contributed by atoms with Gasteiger partial charge in [0.1, 0.15) is 11.5 Å². The van der Waals surface area contributed by atoms with Crippen LogP contribution in [0.1, 0.15) is 47.5 Å². The van der Waals surface area contributed by atoms with E-state index in [0.29, 0.717) is 18.2 Å². The summed E-state index contributed by atoms with van der Waals surface area (Å²) in [5.74, 6) is 1.87. The molecule has 0 aliphatic rings. The van der Waals surface area contributed by atoms with E-state index >= 15 is 0 Å². The summed E-state index contributed by atoms with van der Waals surface area (Å²) in [7, 11) is 3.62. The molecule has 2 rings (SSSR count). The van der Waals surface area contributed by atoms with Crippen LogP contribution in [-0.2, 0) is 13.6 Å². The molecule has 108 valence electrons. The van der Waals surface area contributed by atoms with Gasteiger partial charge in [-0.15, -0.1) is 0 Å². The van der Waals surface area contributed by atoms with Crippen LogP contribution in [0.4, 0.5) is 0 Å². The van der Waals surface area contributed by atoms with E-state index in [4.69, 9.17) is 4.42 Å². The molecule has 2 aromatic heterocycles. The average molecular weight is 275 g/mol. The molecule has 0 fully saturated rings. The topological polar surface area (TPSA) is 51.3 Å². The van der Waals surface area contributed by atoms with Crippen molar-refractivity contribution >= 4 is 5.91 Å². The van der Waals surface area contributed by atoms with E-state index in [-0.39, 0.29) is 5.91 Å². The van der Waals surface area contributed by atoms with E-state index in [1.165, 1.54) is 0 Å². The van der Waals surface area contributed by atoms with Gasteiger partial charge >= 0.3 is 0 Å². The number of rotatable bonds is 4. The zero-order chi connectivity index (χ0) is 14.9. The van der Waals surface area contributed by atoms with Gasteiger partial charge in [-0.25, -0.2) is 0 Å². The van der Waals surface area contributed by atoms with Crippen LogP contribution in [0.15, 0.2) is 22.6 Å². The Labute approximate surface area is 119 Å². The van der Waals surface area contributed by atoms with Crippen molar-refractivity contribution in [3.63, 3.8) is 0 Å². The standard InChI is InChI=1S/C15H21N3O2/c1-10(2)14-8-13(16-18(14)5)15(19)17(4)9-12-7-6-11(3)20-12/h6-8,10H,9H2,1-5H3. The SMILES string of the molecule is Cc1ccc(CN(C)C(=O)c2cc(C(C)C)n(C)n2)o1. The van der Waals surface area contributed by atoms with Crippen molar-refractivity contribution in [1.29, 1.82) is 0 Å². The Balaban J connectivity index is 2.12. The van der Waals surface area contributed by atoms with Crippen LogP contribution >= 0.6 is 0 Å². The van der Waals surface area contributed by atoms with Gasteiger partial charge in [0.15, 0.2) is 5.69 Å². The number of aromatic nitrogens is 2. The van der Waals surface area contributed by atoms with Crippen molar-refractivity contribution in [3.05, 3.63) is 41.1 Å². The van der Waals surface area contributed by atoms with Crippen LogP contribution in [0.5, 0.6) is 0 Å². The zero-order valence-corrected chi connectivity index (χ0v) is 12.7. The van der Waals surface area contributed by atoms with Crippen LogP contribution < -0.4 is 0 Å². The monoisotopic (exact) mass is 275 g/mol. The summed E-state index contributed by atoms with van der Waals surface area (Å²) in [6.07, 6.45) is 0. The number of carbonyl (C=O) groups excluding carboxylic acids is 1. The molecule has 0 bridgehead atoms. The first-order chi connectivity index (χ1) is 9.38. The number of furan rings is 1. The summed E-state index contributed by atoms with van der Waals surface area (Å²) < 4.78 is 7.25. The molecule has 0 aromatic carbocycles. The largest absolute Gasteiger partial charge is 0.464 e. The van der Waals surface area contributed by atoms with E-state index in [9.17, 15) is 4.79 Å². The number of nitrogens with zero attached hydrogens (tertiary/aromatic N) is 3. The lowest BCUT2D eigenvalue weighted by molar-refractivity contribution is 0.0768. The molecule has 0 atom stereocenters. The van der Waals surface area contributed by atoms with Crippen LogP contribution in [0.2, 0.25) is 0 Å². The highest BCUT2D eigenvalue weighted by molar-refractivity contribution is 5.92. The Morgan fingerprint density at radius 2 is 2.15 bits per heavy atom. The minimum atomic E-state index is -0.0958. The molecule has 1 amide bonds. The third-order valence-corrected chi connectivity index (χ3v) is 3.26. The summed E-state index contributed by atoms with van der Waals surface area (Å²) in [6.45, 7) is 6.50. The molecule has 0 spiro atoms. The second kappa shape index (κ2) is 5.53. The Morgan fingerprint density at radius 3 is 2.65 bits per heavy atom. The first-order valence-electron chi connectivity index (χ1n) is 6.73. The quantitative estimate of drug-likeness (QED) is 0.862. The van der Waals surface area contributed by atoms with Gasteiger partial charge in [-0.05, 0) is 31.0 Å². The van der Waals surface area contributed by atoms with Gasteiger partial charge in [0.25, 0.3) is 5.91 Å². The van der Waals surface area contributed by atoms with Crippen LogP contribution in [0.25, 0.3) is 0 Å². The van der Waals surface area contributed by atoms with Gasteiger partial charge in [-0.3, -0.25) is 9.48 Å². The number of aryl methyl sites for hydroxylation is 2. The Bertz CT molecular complexity index is 610. The third kappa shape index (κ3) is 2.92. The van der Waals surface area contributed by atoms with Crippen LogP contribution in [0.3, 0.4) is 0 Å². The molecule has 5 nitrogen and oxygen atoms in total. The van der Waals surface area contributed by atoms with E-state index in [0.717, 1.165) is 17.2 Å². The maximum absolute atomic E-state index is 12.4. The molecule has 0 aliphatic heterocycles. The van der Waals surface area contributed by atoms with E-state index in [1.54, 1.807) is 16.6 Å². The Morgan fingerprint density at radius 1 is 1.45 bits per heavy atom. The van der Waals surface area contributed by atoms with Crippen molar-refractivity contribution in [2.75, 3.05) is 7.05 Å². The predicted molar refractivity (Wildman–Crippen MR) is 76.5 cm³/mol. The molecule has 2 aromatic rings. The van der Waals surface area contributed by atoms with Gasteiger partial charge in [0.2, 0.25) is 0 Å². The fourth-order valence-electron chi connectivity index (χ4n) is 2.20. The fourth-order valence-corrected chi connectivity index (χ4v) is 2.20. The highest BCUT2D eigenvalue weighted by atomic mass is 16.3. The molecule has 0 aliphatic carbocycles. The number of hydrogen-bond acceptors (Lipinski definition) is 3. The highest BCUT2D eigenvalue weighted by Crippen LogP contribution is 2.16. The molecular weight excluding hydrogens is 254 g/mol. The molecule has 0 N–H and O–H groups in total. The van der Waals surface area contributed by atoms with Crippen molar-refractivity contribution in [1.82, 2.24) is 14.7 Å². The average Bonchev–Trinajstić information content (AvgIpc) is 2.94. The highest BCUT2D eigenvalue weighted by Gasteiger charge is 2.19. The molecule has 5 heteroatoms. The summed E-state index contributed by atoms with van der Waals surface area (Å²) in [4.78, 5) is 14.0. The molecule has 0 radical (unpaired) electrons. The van der Waals surface area contributed by atoms with E-state index < -0.39 is 0 Å². The third-order valence-electron chi connectivity index (χ3n) is 3.26. The Hall–Kier alpha value is -2.04. The molecule has 0 saturated carbocycles. The smallest absolute Gasteiger partial charge is 0.274 e. The second-order valence-corrected chi connectivity index (χ2v) is 5.41. The van der Waals surface area contributed by atoms with Gasteiger partial charge in [-0.2, -0.15) is 5.10 Å². The normalized spacial score (nSPS) is 11.1. The molecule has 2 heterocycles. The lowest BCUT2D eigenvalue weighted by Crippen LogP contribution is -2.26. The fraction of sp³-hybridized carbons (Fsp3) is 0.467. The minimum absolute atomic E-state index is 0.0958. The summed E-state index contributed by atoms with van der Waals surface area (Å²) >= 11 is 0. The van der Waals surface area contributed by atoms with E-state index in [1.807, 2.05) is 32.2 Å². The first kappa shape index (κ1) is 14.4. The number of carbonyl (C=O) groups is 1. The molecule has 0 saturated heterocycles. The van der Waals surface area contributed by atoms with Crippen LogP contribution in [-0.4, -0.2) is 27.6 Å².